The zero-order chi connectivity index (χ0) is 20.2. The topological polar surface area (TPSA) is 79.4 Å². The van der Waals surface area contributed by atoms with E-state index in [9.17, 15) is 4.79 Å². The fourth-order valence-electron chi connectivity index (χ4n) is 4.29. The van der Waals surface area contributed by atoms with Gasteiger partial charge in [-0.1, -0.05) is 18.2 Å². The predicted octanol–water partition coefficient (Wildman–Crippen LogP) is 2.87. The first kappa shape index (κ1) is 19.8. The fraction of sp³-hybridized carbons (Fsp3) is 0.500. The van der Waals surface area contributed by atoms with Gasteiger partial charge < -0.3 is 9.64 Å². The number of rotatable bonds is 5. The molecule has 2 N–H and O–H groups in total. The molecule has 3 heterocycles. The molecule has 2 aromatic rings. The van der Waals surface area contributed by atoms with Crippen LogP contribution in [0.1, 0.15) is 44.7 Å². The number of hydrazine groups is 1. The molecule has 0 spiro atoms. The lowest BCUT2D eigenvalue weighted by Crippen LogP contribution is -2.40. The number of ether oxygens (including phenoxy) is 1. The Balaban J connectivity index is 1.37. The van der Waals surface area contributed by atoms with E-state index < -0.39 is 0 Å². The molecular formula is C22H29N5O2. The van der Waals surface area contributed by atoms with Gasteiger partial charge in [-0.3, -0.25) is 20.6 Å². The van der Waals surface area contributed by atoms with E-state index in [1.165, 1.54) is 0 Å². The summed E-state index contributed by atoms with van der Waals surface area (Å²) in [6.07, 6.45) is 5.71. The number of benzene rings is 1. The zero-order valence-electron chi connectivity index (χ0n) is 17.0. The molecule has 2 unspecified atom stereocenters. The number of para-hydroxylation sites is 1. The maximum atomic E-state index is 12.8. The molecule has 1 aromatic carbocycles. The van der Waals surface area contributed by atoms with Crippen molar-refractivity contribution >= 4 is 5.91 Å². The van der Waals surface area contributed by atoms with E-state index in [2.05, 4.69) is 34.7 Å². The number of nitrogens with zero attached hydrogens (tertiary/aromatic N) is 3. The monoisotopic (exact) mass is 395 g/mol. The first-order valence-corrected chi connectivity index (χ1v) is 10.4. The van der Waals surface area contributed by atoms with Crippen molar-refractivity contribution in [3.8, 4) is 11.6 Å². The Kier molecular flexibility index (Phi) is 6.06. The van der Waals surface area contributed by atoms with Crippen LogP contribution in [0.15, 0.2) is 42.7 Å². The van der Waals surface area contributed by atoms with Gasteiger partial charge in [0.15, 0.2) is 0 Å². The molecule has 2 aliphatic rings. The van der Waals surface area contributed by atoms with E-state index >= 15 is 0 Å². The number of carbonyl (C=O) groups is 1. The largest absolute Gasteiger partial charge is 0.437 e. The van der Waals surface area contributed by atoms with E-state index in [4.69, 9.17) is 4.74 Å². The lowest BCUT2D eigenvalue weighted by atomic mass is 9.90. The lowest BCUT2D eigenvalue weighted by Gasteiger charge is -2.33. The molecule has 2 saturated heterocycles. The van der Waals surface area contributed by atoms with Gasteiger partial charge in [0.25, 0.3) is 0 Å². The second kappa shape index (κ2) is 8.88. The van der Waals surface area contributed by atoms with E-state index in [0.717, 1.165) is 37.4 Å². The third-order valence-electron chi connectivity index (χ3n) is 6.12. The van der Waals surface area contributed by atoms with Gasteiger partial charge in [-0.15, -0.1) is 0 Å². The third kappa shape index (κ3) is 4.57. The first-order valence-electron chi connectivity index (χ1n) is 10.4. The van der Waals surface area contributed by atoms with Crippen LogP contribution in [0.25, 0.3) is 0 Å². The Morgan fingerprint density at radius 3 is 2.41 bits per heavy atom. The Hall–Kier alpha value is -2.51. The van der Waals surface area contributed by atoms with Gasteiger partial charge >= 0.3 is 0 Å². The molecule has 7 nitrogen and oxygen atoms in total. The Bertz CT molecular complexity index is 813. The summed E-state index contributed by atoms with van der Waals surface area (Å²) in [5.41, 5.74) is 7.35. The van der Waals surface area contributed by atoms with E-state index in [1.54, 1.807) is 12.4 Å². The number of hydrogen-bond acceptors (Lipinski definition) is 6. The Morgan fingerprint density at radius 2 is 1.72 bits per heavy atom. The summed E-state index contributed by atoms with van der Waals surface area (Å²) < 4.78 is 5.98. The molecule has 4 rings (SSSR count). The number of piperidine rings is 1. The normalized spacial score (nSPS) is 25.2. The fourth-order valence-corrected chi connectivity index (χ4v) is 4.29. The molecule has 0 aliphatic carbocycles. The molecule has 0 bridgehead atoms. The number of likely N-dealkylation sites (tertiary alicyclic amines) is 1. The molecule has 29 heavy (non-hydrogen) atoms. The van der Waals surface area contributed by atoms with Crippen LogP contribution in [0.3, 0.4) is 0 Å². The van der Waals surface area contributed by atoms with Crippen LogP contribution in [0, 0.1) is 5.92 Å². The third-order valence-corrected chi connectivity index (χ3v) is 6.12. The van der Waals surface area contributed by atoms with Crippen molar-refractivity contribution in [2.45, 2.75) is 51.1 Å². The summed E-state index contributed by atoms with van der Waals surface area (Å²) in [4.78, 5) is 23.8. The quantitative estimate of drug-likeness (QED) is 0.810. The van der Waals surface area contributed by atoms with E-state index in [1.807, 2.05) is 35.2 Å². The van der Waals surface area contributed by atoms with Gasteiger partial charge in [-0.25, -0.2) is 4.98 Å². The van der Waals surface area contributed by atoms with Gasteiger partial charge in [0.2, 0.25) is 11.8 Å². The average molecular weight is 396 g/mol. The molecule has 154 valence electrons. The molecule has 7 heteroatoms. The van der Waals surface area contributed by atoms with Gasteiger partial charge in [-0.05, 0) is 38.8 Å². The van der Waals surface area contributed by atoms with E-state index in [0.29, 0.717) is 30.3 Å². The minimum absolute atomic E-state index is 0.248. The molecular weight excluding hydrogens is 366 g/mol. The summed E-state index contributed by atoms with van der Waals surface area (Å²) in [7, 11) is 0. The van der Waals surface area contributed by atoms with Crippen molar-refractivity contribution in [1.29, 1.82) is 0 Å². The maximum Gasteiger partial charge on any atom is 0.241 e. The molecule has 1 aromatic heterocycles. The summed E-state index contributed by atoms with van der Waals surface area (Å²) in [5.74, 6) is 2.14. The zero-order valence-corrected chi connectivity index (χ0v) is 17.0. The van der Waals surface area contributed by atoms with Gasteiger partial charge in [0.1, 0.15) is 11.4 Å². The summed E-state index contributed by atoms with van der Waals surface area (Å²) in [5, 5.41) is 0. The number of carbonyl (C=O) groups excluding carboxylic acids is 1. The molecule has 2 atom stereocenters. The summed E-state index contributed by atoms with van der Waals surface area (Å²) in [6, 6.07) is 10.3. The molecule has 0 radical (unpaired) electrons. The van der Waals surface area contributed by atoms with Crippen LogP contribution in [-0.4, -0.2) is 45.9 Å². The summed E-state index contributed by atoms with van der Waals surface area (Å²) >= 11 is 0. The summed E-state index contributed by atoms with van der Waals surface area (Å²) in [6.45, 7) is 5.76. The highest BCUT2D eigenvalue weighted by Gasteiger charge is 2.34. The van der Waals surface area contributed by atoms with Crippen LogP contribution >= 0.6 is 0 Å². The highest BCUT2D eigenvalue weighted by Crippen LogP contribution is 2.34. The second-order valence-electron chi connectivity index (χ2n) is 8.05. The molecule has 0 saturated carbocycles. The maximum absolute atomic E-state index is 12.8. The SMILES string of the molecule is CC1NNC(C)C1CC(=O)N1CCC(c2nccnc2Oc2ccccc2)CC1. The minimum Gasteiger partial charge on any atom is -0.437 e. The highest BCUT2D eigenvalue weighted by molar-refractivity contribution is 5.76. The van der Waals surface area contributed by atoms with Crippen molar-refractivity contribution in [3.05, 3.63) is 48.4 Å². The molecule has 2 fully saturated rings. The molecule has 2 aliphatic heterocycles. The van der Waals surface area contributed by atoms with Gasteiger partial charge in [-0.2, -0.15) is 0 Å². The van der Waals surface area contributed by atoms with Crippen molar-refractivity contribution in [1.82, 2.24) is 25.7 Å². The van der Waals surface area contributed by atoms with E-state index in [-0.39, 0.29) is 11.8 Å². The number of nitrogens with one attached hydrogen (secondary N) is 2. The van der Waals surface area contributed by atoms with Gasteiger partial charge in [0, 0.05) is 55.8 Å². The number of hydrogen-bond donors (Lipinski definition) is 2. The number of aromatic nitrogens is 2. The van der Waals surface area contributed by atoms with Crippen molar-refractivity contribution in [2.75, 3.05) is 13.1 Å². The van der Waals surface area contributed by atoms with Crippen LogP contribution < -0.4 is 15.6 Å². The minimum atomic E-state index is 0.248. The van der Waals surface area contributed by atoms with Crippen LogP contribution in [0.5, 0.6) is 11.6 Å². The molecule has 1 amide bonds. The average Bonchev–Trinajstić information content (AvgIpc) is 3.07. The lowest BCUT2D eigenvalue weighted by molar-refractivity contribution is -0.133. The second-order valence-corrected chi connectivity index (χ2v) is 8.05. The van der Waals surface area contributed by atoms with Crippen molar-refractivity contribution < 1.29 is 9.53 Å². The van der Waals surface area contributed by atoms with Gasteiger partial charge in [0.05, 0.1) is 0 Å². The van der Waals surface area contributed by atoms with Crippen molar-refractivity contribution in [2.24, 2.45) is 5.92 Å². The first-order chi connectivity index (χ1) is 14.1. The smallest absolute Gasteiger partial charge is 0.241 e. The van der Waals surface area contributed by atoms with Crippen LogP contribution in [0.2, 0.25) is 0 Å². The van der Waals surface area contributed by atoms with Crippen LogP contribution in [0.4, 0.5) is 0 Å². The Morgan fingerprint density at radius 1 is 1.07 bits per heavy atom. The number of amides is 1. The van der Waals surface area contributed by atoms with Crippen molar-refractivity contribution in [3.63, 3.8) is 0 Å². The standard InChI is InChI=1S/C22H29N5O2/c1-15-19(16(2)26-25-15)14-20(28)27-12-8-17(9-13-27)21-22(24-11-10-23-21)29-18-6-4-3-5-7-18/h3-7,10-11,15-17,19,25-26H,8-9,12-14H2,1-2H3. The predicted molar refractivity (Wildman–Crippen MR) is 110 cm³/mol. The highest BCUT2D eigenvalue weighted by atomic mass is 16.5. The van der Waals surface area contributed by atoms with Crippen LogP contribution in [-0.2, 0) is 4.79 Å². The Labute approximate surface area is 171 Å².